The molecule has 1 unspecified atom stereocenters. The van der Waals surface area contributed by atoms with E-state index in [9.17, 15) is 9.59 Å². The normalized spacial score (nSPS) is 11.8. The van der Waals surface area contributed by atoms with E-state index in [2.05, 4.69) is 5.32 Å². The first-order valence-electron chi connectivity index (χ1n) is 10.2. The first-order valence-corrected chi connectivity index (χ1v) is 10.2. The van der Waals surface area contributed by atoms with Gasteiger partial charge in [0.1, 0.15) is 11.8 Å². The summed E-state index contributed by atoms with van der Waals surface area (Å²) in [4.78, 5) is 27.4. The van der Waals surface area contributed by atoms with Crippen LogP contribution in [0.3, 0.4) is 0 Å². The van der Waals surface area contributed by atoms with E-state index >= 15 is 0 Å². The number of carbonyl (C=O) groups excluding carboxylic acids is 2. The zero-order chi connectivity index (χ0) is 21.2. The van der Waals surface area contributed by atoms with Gasteiger partial charge in [-0.25, -0.2) is 0 Å². The van der Waals surface area contributed by atoms with Crippen molar-refractivity contribution >= 4 is 11.8 Å². The van der Waals surface area contributed by atoms with Crippen molar-refractivity contribution in [2.45, 2.75) is 52.6 Å². The van der Waals surface area contributed by atoms with E-state index in [0.717, 1.165) is 11.1 Å². The largest absolute Gasteiger partial charge is 0.484 e. The summed E-state index contributed by atoms with van der Waals surface area (Å²) >= 11 is 0. The zero-order valence-electron chi connectivity index (χ0n) is 17.9. The Morgan fingerprint density at radius 2 is 1.69 bits per heavy atom. The van der Waals surface area contributed by atoms with Crippen molar-refractivity contribution in [1.82, 2.24) is 10.2 Å². The van der Waals surface area contributed by atoms with E-state index in [4.69, 9.17) is 4.74 Å². The molecular formula is C24H32N2O3. The summed E-state index contributed by atoms with van der Waals surface area (Å²) in [5.74, 6) is 0.332. The Balaban J connectivity index is 2.11. The van der Waals surface area contributed by atoms with Crippen LogP contribution in [0.15, 0.2) is 54.6 Å². The van der Waals surface area contributed by atoms with Gasteiger partial charge in [0.25, 0.3) is 5.91 Å². The van der Waals surface area contributed by atoms with Crippen LogP contribution in [0.4, 0.5) is 0 Å². The minimum Gasteiger partial charge on any atom is -0.484 e. The van der Waals surface area contributed by atoms with E-state index < -0.39 is 6.04 Å². The molecule has 0 saturated heterocycles. The Morgan fingerprint density at radius 1 is 1.03 bits per heavy atom. The first kappa shape index (κ1) is 22.5. The van der Waals surface area contributed by atoms with Gasteiger partial charge in [0.2, 0.25) is 5.91 Å². The van der Waals surface area contributed by atoms with Crippen LogP contribution in [0, 0.1) is 6.92 Å². The van der Waals surface area contributed by atoms with Gasteiger partial charge in [0, 0.05) is 12.6 Å². The monoisotopic (exact) mass is 396 g/mol. The maximum absolute atomic E-state index is 13.0. The molecule has 0 aliphatic rings. The number of hydrogen-bond donors (Lipinski definition) is 1. The fourth-order valence-electron chi connectivity index (χ4n) is 3.14. The number of ether oxygens (including phenoxy) is 1. The highest BCUT2D eigenvalue weighted by molar-refractivity contribution is 5.88. The number of nitrogens with one attached hydrogen (secondary N) is 1. The second-order valence-electron chi connectivity index (χ2n) is 7.51. The average Bonchev–Trinajstić information content (AvgIpc) is 2.70. The summed E-state index contributed by atoms with van der Waals surface area (Å²) < 4.78 is 5.69. The summed E-state index contributed by atoms with van der Waals surface area (Å²) in [6.45, 7) is 8.13. The SMILES string of the molecule is CCC(C(=O)NC(C)C)N(CCc1ccccc1)C(=O)COc1ccc(C)cc1. The third-order valence-corrected chi connectivity index (χ3v) is 4.68. The van der Waals surface area contributed by atoms with Gasteiger partial charge < -0.3 is 15.0 Å². The van der Waals surface area contributed by atoms with Crippen LogP contribution in [-0.4, -0.2) is 41.9 Å². The molecule has 0 aliphatic heterocycles. The summed E-state index contributed by atoms with van der Waals surface area (Å²) in [7, 11) is 0. The quantitative estimate of drug-likeness (QED) is 0.665. The molecule has 2 rings (SSSR count). The molecule has 0 aliphatic carbocycles. The third-order valence-electron chi connectivity index (χ3n) is 4.68. The standard InChI is InChI=1S/C24H32N2O3/c1-5-22(24(28)25-18(2)3)26(16-15-20-9-7-6-8-10-20)23(27)17-29-21-13-11-19(4)12-14-21/h6-14,18,22H,5,15-17H2,1-4H3,(H,25,28). The van der Waals surface area contributed by atoms with E-state index in [1.807, 2.05) is 82.3 Å². The Labute approximate surface area is 174 Å². The smallest absolute Gasteiger partial charge is 0.261 e. The molecule has 0 spiro atoms. The van der Waals surface area contributed by atoms with Crippen LogP contribution < -0.4 is 10.1 Å². The average molecular weight is 397 g/mol. The molecule has 2 amide bonds. The molecule has 0 fully saturated rings. The van der Waals surface area contributed by atoms with Gasteiger partial charge in [-0.3, -0.25) is 9.59 Å². The lowest BCUT2D eigenvalue weighted by molar-refractivity contribution is -0.142. The number of amides is 2. The van der Waals surface area contributed by atoms with Gasteiger partial charge in [-0.05, 0) is 51.3 Å². The Hall–Kier alpha value is -2.82. The van der Waals surface area contributed by atoms with Gasteiger partial charge in [-0.1, -0.05) is 55.0 Å². The summed E-state index contributed by atoms with van der Waals surface area (Å²) in [5.41, 5.74) is 2.26. The molecule has 5 nitrogen and oxygen atoms in total. The molecule has 1 N–H and O–H groups in total. The number of carbonyl (C=O) groups is 2. The molecule has 156 valence electrons. The van der Waals surface area contributed by atoms with Gasteiger partial charge in [-0.15, -0.1) is 0 Å². The second kappa shape index (κ2) is 11.2. The molecule has 0 heterocycles. The van der Waals surface area contributed by atoms with Crippen LogP contribution in [0.5, 0.6) is 5.75 Å². The molecule has 0 bridgehead atoms. The zero-order valence-corrected chi connectivity index (χ0v) is 17.9. The number of aryl methyl sites for hydroxylation is 1. The Kier molecular flexibility index (Phi) is 8.71. The van der Waals surface area contributed by atoms with E-state index in [-0.39, 0.29) is 24.5 Å². The van der Waals surface area contributed by atoms with E-state index in [0.29, 0.717) is 25.1 Å². The van der Waals surface area contributed by atoms with Crippen LogP contribution in [-0.2, 0) is 16.0 Å². The highest BCUT2D eigenvalue weighted by atomic mass is 16.5. The summed E-state index contributed by atoms with van der Waals surface area (Å²) in [6.07, 6.45) is 1.23. The maximum Gasteiger partial charge on any atom is 0.261 e. The van der Waals surface area contributed by atoms with Crippen molar-refractivity contribution in [3.63, 3.8) is 0 Å². The lowest BCUT2D eigenvalue weighted by Gasteiger charge is -2.31. The Bertz CT molecular complexity index is 772. The molecule has 5 heteroatoms. The molecule has 2 aromatic rings. The first-order chi connectivity index (χ1) is 13.9. The number of hydrogen-bond acceptors (Lipinski definition) is 3. The lowest BCUT2D eigenvalue weighted by Crippen LogP contribution is -2.52. The van der Waals surface area contributed by atoms with Crippen molar-refractivity contribution in [2.75, 3.05) is 13.2 Å². The molecule has 2 aromatic carbocycles. The summed E-state index contributed by atoms with van der Waals surface area (Å²) in [5, 5.41) is 2.93. The topological polar surface area (TPSA) is 58.6 Å². The fourth-order valence-corrected chi connectivity index (χ4v) is 3.14. The molecule has 29 heavy (non-hydrogen) atoms. The number of rotatable bonds is 10. The molecule has 1 atom stereocenters. The van der Waals surface area contributed by atoms with Gasteiger partial charge >= 0.3 is 0 Å². The van der Waals surface area contributed by atoms with Crippen LogP contribution in [0.2, 0.25) is 0 Å². The molecular weight excluding hydrogens is 364 g/mol. The number of benzene rings is 2. The van der Waals surface area contributed by atoms with Crippen molar-refractivity contribution in [1.29, 1.82) is 0 Å². The van der Waals surface area contributed by atoms with Crippen LogP contribution in [0.25, 0.3) is 0 Å². The van der Waals surface area contributed by atoms with Gasteiger partial charge in [0.05, 0.1) is 0 Å². The lowest BCUT2D eigenvalue weighted by atomic mass is 10.1. The van der Waals surface area contributed by atoms with Crippen molar-refractivity contribution in [2.24, 2.45) is 0 Å². The molecule has 0 radical (unpaired) electrons. The fraction of sp³-hybridized carbons (Fsp3) is 0.417. The van der Waals surface area contributed by atoms with E-state index in [1.165, 1.54) is 0 Å². The van der Waals surface area contributed by atoms with Crippen molar-refractivity contribution in [3.05, 3.63) is 65.7 Å². The Morgan fingerprint density at radius 3 is 2.28 bits per heavy atom. The third kappa shape index (κ3) is 7.26. The second-order valence-corrected chi connectivity index (χ2v) is 7.51. The number of nitrogens with zero attached hydrogens (tertiary/aromatic N) is 1. The highest BCUT2D eigenvalue weighted by Gasteiger charge is 2.28. The van der Waals surface area contributed by atoms with Gasteiger partial charge in [-0.2, -0.15) is 0 Å². The minimum absolute atomic E-state index is 0.0198. The van der Waals surface area contributed by atoms with Crippen molar-refractivity contribution in [3.8, 4) is 5.75 Å². The van der Waals surface area contributed by atoms with Crippen LogP contribution in [0.1, 0.15) is 38.3 Å². The predicted molar refractivity (Wildman–Crippen MR) is 116 cm³/mol. The molecule has 0 aromatic heterocycles. The minimum atomic E-state index is -0.518. The molecule has 0 saturated carbocycles. The summed E-state index contributed by atoms with van der Waals surface area (Å²) in [6, 6.07) is 17.1. The highest BCUT2D eigenvalue weighted by Crippen LogP contribution is 2.13. The van der Waals surface area contributed by atoms with E-state index in [1.54, 1.807) is 4.90 Å². The van der Waals surface area contributed by atoms with Crippen molar-refractivity contribution < 1.29 is 14.3 Å². The maximum atomic E-state index is 13.0. The van der Waals surface area contributed by atoms with Gasteiger partial charge in [0.15, 0.2) is 6.61 Å². The van der Waals surface area contributed by atoms with Crippen LogP contribution >= 0.6 is 0 Å². The predicted octanol–water partition coefficient (Wildman–Crippen LogP) is 3.75.